The zero-order valence-electron chi connectivity index (χ0n) is 9.76. The first-order chi connectivity index (χ1) is 8.16. The molecule has 5 nitrogen and oxygen atoms in total. The SMILES string of the molecule is O=C(O)CN(C(=O)NC1CC=CCC1)C1CC1. The second kappa shape index (κ2) is 5.21. The Balaban J connectivity index is 1.87. The highest BCUT2D eigenvalue weighted by atomic mass is 16.4. The quantitative estimate of drug-likeness (QED) is 0.726. The molecular weight excluding hydrogens is 220 g/mol. The molecule has 0 bridgehead atoms. The van der Waals surface area contributed by atoms with Gasteiger partial charge in [-0.1, -0.05) is 12.2 Å². The van der Waals surface area contributed by atoms with Crippen LogP contribution in [0.4, 0.5) is 4.79 Å². The molecule has 0 aromatic carbocycles. The number of carboxylic acids is 1. The van der Waals surface area contributed by atoms with E-state index in [-0.39, 0.29) is 24.7 Å². The molecule has 94 valence electrons. The molecule has 0 radical (unpaired) electrons. The van der Waals surface area contributed by atoms with Gasteiger partial charge in [0.2, 0.25) is 0 Å². The van der Waals surface area contributed by atoms with Crippen LogP contribution < -0.4 is 5.32 Å². The number of carboxylic acid groups (broad SMARTS) is 1. The first-order valence-corrected chi connectivity index (χ1v) is 6.10. The summed E-state index contributed by atoms with van der Waals surface area (Å²) in [5.41, 5.74) is 0. The largest absolute Gasteiger partial charge is 0.480 e. The van der Waals surface area contributed by atoms with Gasteiger partial charge < -0.3 is 15.3 Å². The number of allylic oxidation sites excluding steroid dienone is 1. The Labute approximate surface area is 100 Å². The number of aliphatic carboxylic acids is 1. The van der Waals surface area contributed by atoms with Crippen molar-refractivity contribution in [1.29, 1.82) is 0 Å². The molecule has 2 amide bonds. The summed E-state index contributed by atoms with van der Waals surface area (Å²) in [6.45, 7) is -0.195. The van der Waals surface area contributed by atoms with Crippen LogP contribution in [0.1, 0.15) is 32.1 Å². The van der Waals surface area contributed by atoms with Crippen LogP contribution in [0.2, 0.25) is 0 Å². The van der Waals surface area contributed by atoms with E-state index in [2.05, 4.69) is 17.5 Å². The van der Waals surface area contributed by atoms with Crippen molar-refractivity contribution in [2.75, 3.05) is 6.54 Å². The van der Waals surface area contributed by atoms with Crippen molar-refractivity contribution in [2.45, 2.75) is 44.2 Å². The topological polar surface area (TPSA) is 69.6 Å². The van der Waals surface area contributed by atoms with Crippen LogP contribution in [0.15, 0.2) is 12.2 Å². The fraction of sp³-hybridized carbons (Fsp3) is 0.667. The Morgan fingerprint density at radius 3 is 2.59 bits per heavy atom. The van der Waals surface area contributed by atoms with E-state index in [9.17, 15) is 9.59 Å². The summed E-state index contributed by atoms with van der Waals surface area (Å²) in [6, 6.07) is 0.0583. The summed E-state index contributed by atoms with van der Waals surface area (Å²) in [7, 11) is 0. The van der Waals surface area contributed by atoms with Crippen molar-refractivity contribution in [3.63, 3.8) is 0 Å². The van der Waals surface area contributed by atoms with Gasteiger partial charge in [0.25, 0.3) is 0 Å². The van der Waals surface area contributed by atoms with E-state index in [0.29, 0.717) is 0 Å². The van der Waals surface area contributed by atoms with Crippen LogP contribution in [-0.2, 0) is 4.79 Å². The number of hydrogen-bond donors (Lipinski definition) is 2. The molecule has 0 heterocycles. The molecule has 1 saturated carbocycles. The molecule has 1 unspecified atom stereocenters. The average molecular weight is 238 g/mol. The number of carbonyl (C=O) groups excluding carboxylic acids is 1. The first-order valence-electron chi connectivity index (χ1n) is 6.10. The van der Waals surface area contributed by atoms with Gasteiger partial charge in [-0.05, 0) is 32.1 Å². The van der Waals surface area contributed by atoms with Gasteiger partial charge in [-0.2, -0.15) is 0 Å². The molecule has 2 rings (SSSR count). The molecule has 17 heavy (non-hydrogen) atoms. The fourth-order valence-electron chi connectivity index (χ4n) is 2.08. The highest BCUT2D eigenvalue weighted by molar-refractivity contribution is 5.80. The van der Waals surface area contributed by atoms with Crippen molar-refractivity contribution < 1.29 is 14.7 Å². The normalized spacial score (nSPS) is 23.2. The third-order valence-corrected chi connectivity index (χ3v) is 3.15. The van der Waals surface area contributed by atoms with E-state index in [4.69, 9.17) is 5.11 Å². The summed E-state index contributed by atoms with van der Waals surface area (Å²) in [5.74, 6) is -0.949. The van der Waals surface area contributed by atoms with Crippen molar-refractivity contribution in [1.82, 2.24) is 10.2 Å². The van der Waals surface area contributed by atoms with Crippen LogP contribution in [0, 0.1) is 0 Å². The zero-order valence-corrected chi connectivity index (χ0v) is 9.76. The van der Waals surface area contributed by atoms with Crippen LogP contribution in [0.5, 0.6) is 0 Å². The highest BCUT2D eigenvalue weighted by Crippen LogP contribution is 2.26. The van der Waals surface area contributed by atoms with E-state index < -0.39 is 5.97 Å². The monoisotopic (exact) mass is 238 g/mol. The minimum absolute atomic E-state index is 0.130. The van der Waals surface area contributed by atoms with Crippen LogP contribution in [0.3, 0.4) is 0 Å². The molecule has 2 aliphatic carbocycles. The summed E-state index contributed by atoms with van der Waals surface area (Å²) in [6.07, 6.45) is 8.78. The number of nitrogens with one attached hydrogen (secondary N) is 1. The lowest BCUT2D eigenvalue weighted by atomic mass is 10.0. The van der Waals surface area contributed by atoms with Crippen molar-refractivity contribution in [2.24, 2.45) is 0 Å². The van der Waals surface area contributed by atoms with E-state index in [1.165, 1.54) is 4.90 Å². The molecule has 1 atom stereocenters. The Hall–Kier alpha value is -1.52. The molecule has 0 aromatic heterocycles. The van der Waals surface area contributed by atoms with Crippen molar-refractivity contribution in [3.05, 3.63) is 12.2 Å². The van der Waals surface area contributed by atoms with Gasteiger partial charge in [-0.15, -0.1) is 0 Å². The molecule has 1 fully saturated rings. The van der Waals surface area contributed by atoms with Gasteiger partial charge in [0.1, 0.15) is 6.54 Å². The first kappa shape index (κ1) is 12.0. The number of urea groups is 1. The minimum atomic E-state index is -0.949. The molecule has 2 N–H and O–H groups in total. The maximum absolute atomic E-state index is 12.0. The van der Waals surface area contributed by atoms with Gasteiger partial charge in [-0.3, -0.25) is 4.79 Å². The van der Waals surface area contributed by atoms with E-state index >= 15 is 0 Å². The lowest BCUT2D eigenvalue weighted by Gasteiger charge is -2.25. The zero-order chi connectivity index (χ0) is 12.3. The maximum Gasteiger partial charge on any atom is 0.323 e. The Kier molecular flexibility index (Phi) is 3.66. The number of amides is 2. The lowest BCUT2D eigenvalue weighted by molar-refractivity contribution is -0.137. The molecule has 0 aromatic rings. The minimum Gasteiger partial charge on any atom is -0.480 e. The Morgan fingerprint density at radius 1 is 1.29 bits per heavy atom. The van der Waals surface area contributed by atoms with Crippen molar-refractivity contribution in [3.8, 4) is 0 Å². The van der Waals surface area contributed by atoms with Gasteiger partial charge >= 0.3 is 12.0 Å². The number of carbonyl (C=O) groups is 2. The highest BCUT2D eigenvalue weighted by Gasteiger charge is 2.34. The Morgan fingerprint density at radius 2 is 2.06 bits per heavy atom. The smallest absolute Gasteiger partial charge is 0.323 e. The van der Waals surface area contributed by atoms with Crippen molar-refractivity contribution >= 4 is 12.0 Å². The summed E-state index contributed by atoms with van der Waals surface area (Å²) in [5, 5.41) is 11.7. The van der Waals surface area contributed by atoms with E-state index in [1.807, 2.05) is 0 Å². The summed E-state index contributed by atoms with van der Waals surface area (Å²) < 4.78 is 0. The van der Waals surface area contributed by atoms with E-state index in [0.717, 1.165) is 32.1 Å². The number of hydrogen-bond acceptors (Lipinski definition) is 2. The third kappa shape index (κ3) is 3.47. The molecular formula is C12H18N2O3. The predicted octanol–water partition coefficient (Wildman–Crippen LogP) is 1.35. The maximum atomic E-state index is 12.0. The van der Waals surface area contributed by atoms with Gasteiger partial charge in [0.05, 0.1) is 0 Å². The molecule has 0 saturated heterocycles. The summed E-state index contributed by atoms with van der Waals surface area (Å²) in [4.78, 5) is 24.1. The van der Waals surface area contributed by atoms with Crippen LogP contribution in [-0.4, -0.2) is 40.6 Å². The summed E-state index contributed by atoms with van der Waals surface area (Å²) >= 11 is 0. The third-order valence-electron chi connectivity index (χ3n) is 3.15. The molecule has 5 heteroatoms. The average Bonchev–Trinajstić information content (AvgIpc) is 3.10. The molecule has 2 aliphatic rings. The standard InChI is InChI=1S/C12H18N2O3/c15-11(16)8-14(10-6-7-10)12(17)13-9-4-2-1-3-5-9/h1-2,9-10H,3-8H2,(H,13,17)(H,15,16). The Bertz CT molecular complexity index is 337. The van der Waals surface area contributed by atoms with Crippen LogP contribution >= 0.6 is 0 Å². The molecule has 0 spiro atoms. The van der Waals surface area contributed by atoms with Gasteiger partial charge in [-0.25, -0.2) is 4.79 Å². The van der Waals surface area contributed by atoms with Gasteiger partial charge in [0.15, 0.2) is 0 Å². The second-order valence-electron chi connectivity index (χ2n) is 4.68. The van der Waals surface area contributed by atoms with E-state index in [1.54, 1.807) is 0 Å². The predicted molar refractivity (Wildman–Crippen MR) is 62.7 cm³/mol. The van der Waals surface area contributed by atoms with Gasteiger partial charge in [0, 0.05) is 12.1 Å². The molecule has 0 aliphatic heterocycles. The second-order valence-corrected chi connectivity index (χ2v) is 4.68. The number of rotatable bonds is 4. The lowest BCUT2D eigenvalue weighted by Crippen LogP contribution is -2.47. The number of nitrogens with zero attached hydrogens (tertiary/aromatic N) is 1. The van der Waals surface area contributed by atoms with Crippen LogP contribution in [0.25, 0.3) is 0 Å². The fourth-order valence-corrected chi connectivity index (χ4v) is 2.08.